The van der Waals surface area contributed by atoms with Gasteiger partial charge in [-0.3, -0.25) is 4.79 Å². The molecule has 1 heterocycles. The molecule has 2 rings (SSSR count). The van der Waals surface area contributed by atoms with Crippen molar-refractivity contribution in [3.05, 3.63) is 47.0 Å². The van der Waals surface area contributed by atoms with Crippen molar-refractivity contribution >= 4 is 17.7 Å². The van der Waals surface area contributed by atoms with Gasteiger partial charge in [-0.25, -0.2) is 4.98 Å². The average molecular weight is 312 g/mol. The van der Waals surface area contributed by atoms with Crippen molar-refractivity contribution in [2.45, 2.75) is 25.3 Å². The third-order valence-electron chi connectivity index (χ3n) is 3.18. The van der Waals surface area contributed by atoms with Crippen molar-refractivity contribution in [1.82, 2.24) is 4.98 Å². The third-order valence-corrected chi connectivity index (χ3v) is 4.17. The fourth-order valence-electron chi connectivity index (χ4n) is 2.03. The molecule has 0 atom stereocenters. The van der Waals surface area contributed by atoms with Crippen molar-refractivity contribution in [3.8, 4) is 17.3 Å². The minimum absolute atomic E-state index is 0.0466. The highest BCUT2D eigenvalue weighted by Gasteiger charge is 2.12. The summed E-state index contributed by atoms with van der Waals surface area (Å²) in [7, 11) is 0. The third kappa shape index (κ3) is 3.86. The Hall–Kier alpha value is -2.32. The van der Waals surface area contributed by atoms with Crippen molar-refractivity contribution < 1.29 is 9.90 Å². The maximum atomic E-state index is 10.6. The Balaban J connectivity index is 2.37. The van der Waals surface area contributed by atoms with Crippen LogP contribution in [0.3, 0.4) is 0 Å². The van der Waals surface area contributed by atoms with Gasteiger partial charge >= 0.3 is 5.97 Å². The zero-order valence-electron chi connectivity index (χ0n) is 12.5. The second-order valence-electron chi connectivity index (χ2n) is 4.98. The van der Waals surface area contributed by atoms with Gasteiger partial charge in [0, 0.05) is 11.3 Å². The summed E-state index contributed by atoms with van der Waals surface area (Å²) in [6.45, 7) is 3.95. The summed E-state index contributed by atoms with van der Waals surface area (Å²) in [5, 5.41) is 18.5. The number of carboxylic acid groups (broad SMARTS) is 1. The van der Waals surface area contributed by atoms with Gasteiger partial charge in [0.1, 0.15) is 11.1 Å². The van der Waals surface area contributed by atoms with Gasteiger partial charge in [-0.05, 0) is 25.5 Å². The van der Waals surface area contributed by atoms with Crippen molar-refractivity contribution in [2.75, 3.05) is 5.75 Å². The summed E-state index contributed by atoms with van der Waals surface area (Å²) in [5.41, 5.74) is 4.42. The number of carboxylic acids is 1. The number of nitriles is 1. The predicted molar refractivity (Wildman–Crippen MR) is 86.8 cm³/mol. The summed E-state index contributed by atoms with van der Waals surface area (Å²) in [4.78, 5) is 15.2. The van der Waals surface area contributed by atoms with Gasteiger partial charge in [-0.1, -0.05) is 29.8 Å². The molecule has 0 unspecified atom stereocenters. The molecule has 0 saturated carbocycles. The molecule has 0 spiro atoms. The SMILES string of the molecule is Cc1ccc(-c2nc(SCCC(=O)O)c(C#N)cc2C)cc1. The largest absolute Gasteiger partial charge is 0.481 e. The molecular formula is C17H16N2O2S. The van der Waals surface area contributed by atoms with Gasteiger partial charge in [0.2, 0.25) is 0 Å². The van der Waals surface area contributed by atoms with Crippen LogP contribution in [0.4, 0.5) is 0 Å². The Morgan fingerprint density at radius 3 is 2.59 bits per heavy atom. The monoisotopic (exact) mass is 312 g/mol. The number of aromatic nitrogens is 1. The molecule has 1 aromatic carbocycles. The molecule has 112 valence electrons. The highest BCUT2D eigenvalue weighted by molar-refractivity contribution is 7.99. The van der Waals surface area contributed by atoms with E-state index in [0.717, 1.165) is 16.8 Å². The lowest BCUT2D eigenvalue weighted by molar-refractivity contribution is -0.136. The second kappa shape index (κ2) is 7.10. The molecule has 22 heavy (non-hydrogen) atoms. The van der Waals surface area contributed by atoms with Crippen LogP contribution in [0.5, 0.6) is 0 Å². The fourth-order valence-corrected chi connectivity index (χ4v) is 2.91. The number of aryl methyl sites for hydroxylation is 2. The summed E-state index contributed by atoms with van der Waals surface area (Å²) >= 11 is 1.31. The van der Waals surface area contributed by atoms with Crippen LogP contribution in [0.15, 0.2) is 35.4 Å². The number of thioether (sulfide) groups is 1. The first-order valence-corrected chi connectivity index (χ1v) is 7.83. The first-order chi connectivity index (χ1) is 10.5. The zero-order valence-corrected chi connectivity index (χ0v) is 13.3. The minimum atomic E-state index is -0.850. The Bertz CT molecular complexity index is 734. The molecule has 4 nitrogen and oxygen atoms in total. The number of pyridine rings is 1. The predicted octanol–water partition coefficient (Wildman–Crippen LogP) is 3.80. The highest BCUT2D eigenvalue weighted by Crippen LogP contribution is 2.28. The number of hydrogen-bond donors (Lipinski definition) is 1. The van der Waals surface area contributed by atoms with Gasteiger partial charge < -0.3 is 5.11 Å². The van der Waals surface area contributed by atoms with E-state index in [-0.39, 0.29) is 6.42 Å². The minimum Gasteiger partial charge on any atom is -0.481 e. The highest BCUT2D eigenvalue weighted by atomic mass is 32.2. The van der Waals surface area contributed by atoms with E-state index in [0.29, 0.717) is 16.3 Å². The first-order valence-electron chi connectivity index (χ1n) is 6.84. The van der Waals surface area contributed by atoms with Crippen molar-refractivity contribution in [1.29, 1.82) is 5.26 Å². The standard InChI is InChI=1S/C17H16N2O2S/c1-11-3-5-13(6-4-11)16-12(2)9-14(10-18)17(19-16)22-8-7-15(20)21/h3-6,9H,7-8H2,1-2H3,(H,20,21). The lowest BCUT2D eigenvalue weighted by Gasteiger charge is -2.10. The van der Waals surface area contributed by atoms with Gasteiger partial charge in [0.25, 0.3) is 0 Å². The van der Waals surface area contributed by atoms with E-state index in [1.54, 1.807) is 0 Å². The molecule has 0 saturated heterocycles. The zero-order chi connectivity index (χ0) is 16.1. The Morgan fingerprint density at radius 1 is 1.32 bits per heavy atom. The fraction of sp³-hybridized carbons (Fsp3) is 0.235. The summed E-state index contributed by atoms with van der Waals surface area (Å²) in [5.74, 6) is -0.454. The lowest BCUT2D eigenvalue weighted by atomic mass is 10.0. The summed E-state index contributed by atoms with van der Waals surface area (Å²) in [6.07, 6.45) is 0.0466. The molecule has 0 fully saturated rings. The van der Waals surface area contributed by atoms with Crippen LogP contribution >= 0.6 is 11.8 Å². The van der Waals surface area contributed by atoms with Gasteiger partial charge in [-0.15, -0.1) is 11.8 Å². The van der Waals surface area contributed by atoms with E-state index >= 15 is 0 Å². The van der Waals surface area contributed by atoms with Crippen molar-refractivity contribution in [2.24, 2.45) is 0 Å². The number of aliphatic carboxylic acids is 1. The number of hydrogen-bond acceptors (Lipinski definition) is 4. The first kappa shape index (κ1) is 16.1. The maximum absolute atomic E-state index is 10.6. The number of nitrogens with zero attached hydrogens (tertiary/aromatic N) is 2. The molecule has 1 N–H and O–H groups in total. The van der Waals surface area contributed by atoms with E-state index in [1.165, 1.54) is 17.3 Å². The van der Waals surface area contributed by atoms with Gasteiger partial charge in [0.05, 0.1) is 17.7 Å². The second-order valence-corrected chi connectivity index (χ2v) is 6.06. The summed E-state index contributed by atoms with van der Waals surface area (Å²) in [6, 6.07) is 12.0. The van der Waals surface area contributed by atoms with Crippen LogP contribution in [0.1, 0.15) is 23.1 Å². The van der Waals surface area contributed by atoms with Gasteiger partial charge in [0.15, 0.2) is 0 Å². The number of carbonyl (C=O) groups is 1. The number of benzene rings is 1. The lowest BCUT2D eigenvalue weighted by Crippen LogP contribution is -1.99. The molecule has 1 aromatic heterocycles. The quantitative estimate of drug-likeness (QED) is 0.850. The molecule has 0 bridgehead atoms. The molecule has 2 aromatic rings. The van der Waals surface area contributed by atoms with E-state index in [9.17, 15) is 10.1 Å². The maximum Gasteiger partial charge on any atom is 0.304 e. The Labute approximate surface area is 133 Å². The smallest absolute Gasteiger partial charge is 0.304 e. The van der Waals surface area contributed by atoms with E-state index in [1.807, 2.05) is 44.2 Å². The Kier molecular flexibility index (Phi) is 5.18. The topological polar surface area (TPSA) is 74.0 Å². The number of rotatable bonds is 5. The normalized spacial score (nSPS) is 10.2. The molecular weight excluding hydrogens is 296 g/mol. The van der Waals surface area contributed by atoms with Crippen molar-refractivity contribution in [3.63, 3.8) is 0 Å². The Morgan fingerprint density at radius 2 is 2.00 bits per heavy atom. The molecule has 0 aliphatic heterocycles. The van der Waals surface area contributed by atoms with Crippen LogP contribution in [-0.2, 0) is 4.79 Å². The van der Waals surface area contributed by atoms with Crippen LogP contribution in [-0.4, -0.2) is 21.8 Å². The summed E-state index contributed by atoms with van der Waals surface area (Å²) < 4.78 is 0. The van der Waals surface area contributed by atoms with Crippen LogP contribution in [0.25, 0.3) is 11.3 Å². The van der Waals surface area contributed by atoms with Gasteiger partial charge in [-0.2, -0.15) is 5.26 Å². The van der Waals surface area contributed by atoms with Crippen LogP contribution in [0, 0.1) is 25.2 Å². The molecule has 0 aliphatic rings. The van der Waals surface area contributed by atoms with E-state index < -0.39 is 5.97 Å². The molecule has 0 aliphatic carbocycles. The van der Waals surface area contributed by atoms with E-state index in [2.05, 4.69) is 11.1 Å². The average Bonchev–Trinajstić information content (AvgIpc) is 2.49. The molecule has 0 amide bonds. The van der Waals surface area contributed by atoms with Crippen LogP contribution < -0.4 is 0 Å². The van der Waals surface area contributed by atoms with E-state index in [4.69, 9.17) is 5.11 Å². The molecule has 5 heteroatoms. The van der Waals surface area contributed by atoms with Crippen LogP contribution in [0.2, 0.25) is 0 Å². The molecule has 0 radical (unpaired) electrons.